The number of rotatable bonds is 11. The summed E-state index contributed by atoms with van der Waals surface area (Å²) >= 11 is 1.65. The normalized spacial score (nSPS) is 15.8. The van der Waals surface area contributed by atoms with Gasteiger partial charge in [-0.1, -0.05) is 65.9 Å². The van der Waals surface area contributed by atoms with Crippen LogP contribution < -0.4 is 5.48 Å². The zero-order valence-electron chi connectivity index (χ0n) is 22.8. The van der Waals surface area contributed by atoms with E-state index in [4.69, 9.17) is 0 Å². The average molecular weight is 568 g/mol. The van der Waals surface area contributed by atoms with Gasteiger partial charge in [0.2, 0.25) is 10.0 Å². The van der Waals surface area contributed by atoms with Gasteiger partial charge >= 0.3 is 0 Å². The van der Waals surface area contributed by atoms with Gasteiger partial charge in [-0.2, -0.15) is 4.31 Å². The molecule has 4 rings (SSSR count). The minimum absolute atomic E-state index is 0.0290. The summed E-state index contributed by atoms with van der Waals surface area (Å²) in [6.45, 7) is 6.29. The Kier molecular flexibility index (Phi) is 9.51. The molecule has 3 aromatic carbocycles. The van der Waals surface area contributed by atoms with E-state index in [1.165, 1.54) is 16.9 Å². The molecule has 208 valence electrons. The SMILES string of the molecule is Cc1ccc(Sc2ccc(CN(C)S(=O)(=O)C(CCN3CCCC3)(C(=O)NO)c3ccccc3)c(C)c2)cc1. The molecule has 1 fully saturated rings. The lowest BCUT2D eigenvalue weighted by Crippen LogP contribution is -2.55. The summed E-state index contributed by atoms with van der Waals surface area (Å²) in [5, 5.41) is 9.77. The van der Waals surface area contributed by atoms with E-state index in [9.17, 15) is 18.4 Å². The average Bonchev–Trinajstić information content (AvgIpc) is 3.46. The first-order valence-corrected chi connectivity index (χ1v) is 15.5. The maximum absolute atomic E-state index is 14.3. The van der Waals surface area contributed by atoms with Crippen LogP contribution in [0.4, 0.5) is 0 Å². The second kappa shape index (κ2) is 12.7. The number of hydroxylamine groups is 1. The van der Waals surface area contributed by atoms with Crippen LogP contribution >= 0.6 is 11.8 Å². The quantitative estimate of drug-likeness (QED) is 0.248. The Morgan fingerprint density at radius 3 is 2.26 bits per heavy atom. The number of hydrogen-bond acceptors (Lipinski definition) is 6. The minimum Gasteiger partial charge on any atom is -0.303 e. The van der Waals surface area contributed by atoms with Crippen LogP contribution in [-0.2, 0) is 26.1 Å². The van der Waals surface area contributed by atoms with Crippen LogP contribution in [0.3, 0.4) is 0 Å². The molecule has 7 nitrogen and oxygen atoms in total. The fraction of sp³-hybridized carbons (Fsp3) is 0.367. The Morgan fingerprint density at radius 2 is 1.64 bits per heavy atom. The number of carbonyl (C=O) groups is 1. The van der Waals surface area contributed by atoms with Crippen molar-refractivity contribution < 1.29 is 18.4 Å². The summed E-state index contributed by atoms with van der Waals surface area (Å²) in [6, 6.07) is 22.8. The molecule has 2 N–H and O–H groups in total. The number of nitrogens with one attached hydrogen (secondary N) is 1. The van der Waals surface area contributed by atoms with E-state index in [-0.39, 0.29) is 13.0 Å². The van der Waals surface area contributed by atoms with Crippen LogP contribution in [0.25, 0.3) is 0 Å². The van der Waals surface area contributed by atoms with Gasteiger partial charge in [-0.15, -0.1) is 0 Å². The second-order valence-electron chi connectivity index (χ2n) is 10.2. The summed E-state index contributed by atoms with van der Waals surface area (Å²) < 4.78 is 27.9. The highest BCUT2D eigenvalue weighted by atomic mass is 32.2. The lowest BCUT2D eigenvalue weighted by molar-refractivity contribution is -0.132. The molecule has 1 unspecified atom stereocenters. The minimum atomic E-state index is -4.27. The number of nitrogens with zero attached hydrogens (tertiary/aromatic N) is 2. The Bertz CT molecular complexity index is 1380. The van der Waals surface area contributed by atoms with Gasteiger partial charge in [-0.3, -0.25) is 10.0 Å². The van der Waals surface area contributed by atoms with Gasteiger partial charge in [0.05, 0.1) is 0 Å². The fourth-order valence-corrected chi connectivity index (χ4v) is 7.97. The maximum atomic E-state index is 14.3. The van der Waals surface area contributed by atoms with E-state index in [0.29, 0.717) is 12.1 Å². The van der Waals surface area contributed by atoms with Crippen LogP contribution in [0.5, 0.6) is 0 Å². The van der Waals surface area contributed by atoms with E-state index in [1.54, 1.807) is 47.6 Å². The van der Waals surface area contributed by atoms with E-state index in [1.807, 2.05) is 19.1 Å². The molecule has 0 aliphatic carbocycles. The Labute approximate surface area is 236 Å². The predicted octanol–water partition coefficient (Wildman–Crippen LogP) is 5.10. The molecule has 1 aliphatic rings. The molecule has 3 aromatic rings. The van der Waals surface area contributed by atoms with Gasteiger partial charge in [0.1, 0.15) is 0 Å². The molecule has 1 atom stereocenters. The standard InChI is InChI=1S/C30H37N3O4S2/c1-23-11-14-27(15-12-23)38-28-16-13-25(24(2)21-28)22-32(3)39(36,37)30(29(34)31-35,26-9-5-4-6-10-26)17-20-33-18-7-8-19-33/h4-6,9-16,21,35H,7-8,17-20,22H2,1-3H3,(H,31,34). The molecule has 1 amide bonds. The van der Waals surface area contributed by atoms with Crippen LogP contribution in [-0.4, -0.2) is 55.4 Å². The lowest BCUT2D eigenvalue weighted by atomic mass is 9.93. The first kappa shape index (κ1) is 29.3. The van der Waals surface area contributed by atoms with Crippen molar-refractivity contribution in [2.24, 2.45) is 0 Å². The van der Waals surface area contributed by atoms with Gasteiger partial charge in [0.15, 0.2) is 4.75 Å². The highest BCUT2D eigenvalue weighted by Gasteiger charge is 2.54. The van der Waals surface area contributed by atoms with Crippen molar-refractivity contribution in [2.45, 2.75) is 54.2 Å². The molecule has 0 saturated carbocycles. The molecule has 0 bridgehead atoms. The zero-order chi connectivity index (χ0) is 28.0. The Balaban J connectivity index is 1.63. The number of amides is 1. The van der Waals surface area contributed by atoms with Crippen molar-refractivity contribution in [3.63, 3.8) is 0 Å². The molecular formula is C30H37N3O4S2. The number of aryl methyl sites for hydroxylation is 2. The van der Waals surface area contributed by atoms with Crippen molar-refractivity contribution in [3.05, 3.63) is 95.1 Å². The van der Waals surface area contributed by atoms with Crippen molar-refractivity contribution in [1.29, 1.82) is 0 Å². The van der Waals surface area contributed by atoms with E-state index in [0.717, 1.165) is 46.8 Å². The molecule has 1 aliphatic heterocycles. The van der Waals surface area contributed by atoms with Crippen LogP contribution in [0.15, 0.2) is 82.6 Å². The van der Waals surface area contributed by atoms with E-state index < -0.39 is 20.7 Å². The molecule has 1 heterocycles. The molecule has 1 saturated heterocycles. The highest BCUT2D eigenvalue weighted by Crippen LogP contribution is 2.38. The third kappa shape index (κ3) is 6.39. The van der Waals surface area contributed by atoms with Crippen molar-refractivity contribution >= 4 is 27.7 Å². The molecule has 39 heavy (non-hydrogen) atoms. The molecular weight excluding hydrogens is 530 g/mol. The van der Waals surface area contributed by atoms with Crippen molar-refractivity contribution in [3.8, 4) is 0 Å². The second-order valence-corrected chi connectivity index (χ2v) is 13.6. The Morgan fingerprint density at radius 1 is 1.00 bits per heavy atom. The number of likely N-dealkylation sites (tertiary alicyclic amines) is 1. The predicted molar refractivity (Wildman–Crippen MR) is 155 cm³/mol. The summed E-state index contributed by atoms with van der Waals surface area (Å²) in [6.07, 6.45) is 2.13. The number of carbonyl (C=O) groups excluding carboxylic acids is 1. The van der Waals surface area contributed by atoms with E-state index >= 15 is 0 Å². The largest absolute Gasteiger partial charge is 0.303 e. The van der Waals surface area contributed by atoms with Gasteiger partial charge < -0.3 is 4.90 Å². The fourth-order valence-electron chi connectivity index (χ4n) is 5.15. The third-order valence-electron chi connectivity index (χ3n) is 7.50. The lowest BCUT2D eigenvalue weighted by Gasteiger charge is -2.36. The van der Waals surface area contributed by atoms with Crippen LogP contribution in [0.1, 0.15) is 41.5 Å². The molecule has 9 heteroatoms. The van der Waals surface area contributed by atoms with Crippen molar-refractivity contribution in [1.82, 2.24) is 14.7 Å². The summed E-state index contributed by atoms with van der Waals surface area (Å²) in [5.74, 6) is -0.943. The zero-order valence-corrected chi connectivity index (χ0v) is 24.4. The maximum Gasteiger partial charge on any atom is 0.270 e. The van der Waals surface area contributed by atoms with E-state index in [2.05, 4.69) is 42.2 Å². The third-order valence-corrected chi connectivity index (χ3v) is 11.0. The highest BCUT2D eigenvalue weighted by molar-refractivity contribution is 7.99. The topological polar surface area (TPSA) is 90.0 Å². The summed E-state index contributed by atoms with van der Waals surface area (Å²) in [4.78, 5) is 17.7. The van der Waals surface area contributed by atoms with Crippen molar-refractivity contribution in [2.75, 3.05) is 26.7 Å². The number of hydrogen-bond donors (Lipinski definition) is 2. The van der Waals surface area contributed by atoms with Crippen LogP contribution in [0, 0.1) is 13.8 Å². The number of sulfonamides is 1. The van der Waals surface area contributed by atoms with Gasteiger partial charge in [0, 0.05) is 29.9 Å². The Hall–Kier alpha value is -2.69. The van der Waals surface area contributed by atoms with Gasteiger partial charge in [-0.05, 0) is 87.2 Å². The summed E-state index contributed by atoms with van der Waals surface area (Å²) in [5.41, 5.74) is 5.04. The summed E-state index contributed by atoms with van der Waals surface area (Å²) in [7, 11) is -2.77. The molecule has 0 spiro atoms. The number of benzene rings is 3. The molecule has 0 radical (unpaired) electrons. The van der Waals surface area contributed by atoms with Gasteiger partial charge in [-0.25, -0.2) is 13.9 Å². The molecule has 0 aromatic heterocycles. The van der Waals surface area contributed by atoms with Crippen LogP contribution in [0.2, 0.25) is 0 Å². The van der Waals surface area contributed by atoms with Gasteiger partial charge in [0.25, 0.3) is 5.91 Å². The first-order chi connectivity index (χ1) is 18.7. The monoisotopic (exact) mass is 567 g/mol. The smallest absolute Gasteiger partial charge is 0.270 e. The first-order valence-electron chi connectivity index (χ1n) is 13.2.